The number of allylic oxidation sites excluding steroid dienone is 2. The second-order valence-electron chi connectivity index (χ2n) is 4.89. The summed E-state index contributed by atoms with van der Waals surface area (Å²) >= 11 is 13.1. The fourth-order valence-corrected chi connectivity index (χ4v) is 3.77. The number of halogens is 2. The van der Waals surface area contributed by atoms with Gasteiger partial charge in [-0.05, 0) is 31.0 Å². The molecular weight excluding hydrogens is 359 g/mol. The summed E-state index contributed by atoms with van der Waals surface area (Å²) in [5, 5.41) is 0.612. The highest BCUT2D eigenvalue weighted by atomic mass is 35.5. The van der Waals surface area contributed by atoms with Gasteiger partial charge in [0.2, 0.25) is 0 Å². The van der Waals surface area contributed by atoms with Gasteiger partial charge >= 0.3 is 5.97 Å². The molecule has 7 heteroatoms. The van der Waals surface area contributed by atoms with E-state index in [1.807, 2.05) is 0 Å². The number of carbonyl (C=O) groups is 3. The number of Topliss-reactive ketones (excluding diaryl/α,β-unsaturated/α-hetero) is 2. The number of carbonyl (C=O) groups excluding carboxylic acids is 3. The van der Waals surface area contributed by atoms with Crippen molar-refractivity contribution in [3.63, 3.8) is 0 Å². The van der Waals surface area contributed by atoms with Crippen LogP contribution in [0.15, 0.2) is 28.7 Å². The van der Waals surface area contributed by atoms with Crippen LogP contribution >= 0.6 is 35.0 Å². The summed E-state index contributed by atoms with van der Waals surface area (Å²) < 4.78 is 4.59. The molecule has 1 aromatic carbocycles. The lowest BCUT2D eigenvalue weighted by atomic mass is 9.91. The predicted octanol–water partition coefficient (Wildman–Crippen LogP) is 4.09. The number of thioether (sulfide) groups is 1. The number of hydrogen-bond acceptors (Lipinski definition) is 5. The quantitative estimate of drug-likeness (QED) is 0.442. The van der Waals surface area contributed by atoms with Gasteiger partial charge in [-0.2, -0.15) is 0 Å². The van der Waals surface area contributed by atoms with Gasteiger partial charge in [-0.15, -0.1) is 11.8 Å². The largest absolute Gasteiger partial charge is 0.468 e. The molecule has 0 aromatic heterocycles. The molecule has 0 heterocycles. The highest BCUT2D eigenvalue weighted by Gasteiger charge is 2.29. The normalized spacial score (nSPS) is 14.8. The molecule has 2 rings (SSSR count). The van der Waals surface area contributed by atoms with Crippen LogP contribution in [-0.4, -0.2) is 30.4 Å². The molecule has 0 atom stereocenters. The first-order valence-electron chi connectivity index (χ1n) is 6.89. The molecule has 0 saturated heterocycles. The van der Waals surface area contributed by atoms with Gasteiger partial charge in [0, 0.05) is 21.9 Å². The van der Waals surface area contributed by atoms with Crippen LogP contribution in [0.1, 0.15) is 29.6 Å². The minimum absolute atomic E-state index is 0.0598. The van der Waals surface area contributed by atoms with Gasteiger partial charge in [-0.3, -0.25) is 14.4 Å². The molecule has 4 nitrogen and oxygen atoms in total. The highest BCUT2D eigenvalue weighted by molar-refractivity contribution is 8.03. The van der Waals surface area contributed by atoms with Crippen molar-refractivity contribution in [2.24, 2.45) is 0 Å². The molecule has 0 spiro atoms. The molecule has 0 saturated carbocycles. The highest BCUT2D eigenvalue weighted by Crippen LogP contribution is 2.34. The fraction of sp³-hybridized carbons (Fsp3) is 0.312. The first-order chi connectivity index (χ1) is 10.9. The third kappa shape index (κ3) is 4.37. The molecular formula is C16H14Cl2O4S. The Balaban J connectivity index is 2.36. The first kappa shape index (κ1) is 18.0. The molecule has 122 valence electrons. The number of hydrogen-bond donors (Lipinski definition) is 0. The van der Waals surface area contributed by atoms with Crippen molar-refractivity contribution in [3.8, 4) is 0 Å². The molecule has 1 aliphatic rings. The van der Waals surface area contributed by atoms with Gasteiger partial charge in [0.1, 0.15) is 0 Å². The van der Waals surface area contributed by atoms with E-state index in [9.17, 15) is 14.4 Å². The summed E-state index contributed by atoms with van der Waals surface area (Å²) in [6.45, 7) is 0. The van der Waals surface area contributed by atoms with Gasteiger partial charge in [0.05, 0.1) is 23.5 Å². The Bertz CT molecular complexity index is 697. The maximum absolute atomic E-state index is 12.7. The molecule has 0 radical (unpaired) electrons. The SMILES string of the molecule is COC(=O)CSC1=C(C(=O)c2ccc(Cl)cc2Cl)C(=O)CCC1. The summed E-state index contributed by atoms with van der Waals surface area (Å²) in [6, 6.07) is 4.52. The van der Waals surface area contributed by atoms with Crippen molar-refractivity contribution in [2.75, 3.05) is 12.9 Å². The van der Waals surface area contributed by atoms with Crippen LogP contribution in [0.5, 0.6) is 0 Å². The van der Waals surface area contributed by atoms with Crippen LogP contribution in [-0.2, 0) is 14.3 Å². The van der Waals surface area contributed by atoms with E-state index < -0.39 is 11.8 Å². The summed E-state index contributed by atoms with van der Waals surface area (Å²) in [5.74, 6) is -0.996. The first-order valence-corrected chi connectivity index (χ1v) is 8.64. The zero-order valence-electron chi connectivity index (χ0n) is 12.4. The number of methoxy groups -OCH3 is 1. The minimum Gasteiger partial charge on any atom is -0.468 e. The van der Waals surface area contributed by atoms with Gasteiger partial charge in [-0.25, -0.2) is 0 Å². The Hall–Kier alpha value is -1.30. The van der Waals surface area contributed by atoms with Gasteiger partial charge in [0.25, 0.3) is 0 Å². The van der Waals surface area contributed by atoms with Crippen molar-refractivity contribution in [3.05, 3.63) is 44.3 Å². The summed E-state index contributed by atoms with van der Waals surface area (Å²) in [7, 11) is 1.29. The van der Waals surface area contributed by atoms with Crippen LogP contribution < -0.4 is 0 Å². The molecule has 0 N–H and O–H groups in total. The maximum Gasteiger partial charge on any atom is 0.315 e. The zero-order chi connectivity index (χ0) is 17.0. The summed E-state index contributed by atoms with van der Waals surface area (Å²) in [6.07, 6.45) is 1.56. The smallest absolute Gasteiger partial charge is 0.315 e. The van der Waals surface area contributed by atoms with E-state index in [1.54, 1.807) is 6.07 Å². The van der Waals surface area contributed by atoms with Crippen LogP contribution in [0.2, 0.25) is 10.0 Å². The fourth-order valence-electron chi connectivity index (χ4n) is 2.23. The van der Waals surface area contributed by atoms with Crippen LogP contribution in [0, 0.1) is 0 Å². The van der Waals surface area contributed by atoms with E-state index in [0.717, 1.165) is 0 Å². The van der Waals surface area contributed by atoms with Crippen LogP contribution in [0.4, 0.5) is 0 Å². The van der Waals surface area contributed by atoms with E-state index in [0.29, 0.717) is 29.2 Å². The van der Waals surface area contributed by atoms with E-state index in [-0.39, 0.29) is 27.7 Å². The molecule has 0 amide bonds. The third-order valence-electron chi connectivity index (χ3n) is 3.36. The molecule has 0 unspecified atom stereocenters. The number of ketones is 2. The van der Waals surface area contributed by atoms with Gasteiger partial charge < -0.3 is 4.74 Å². The standard InChI is InChI=1S/C16H14Cl2O4S/c1-22-14(20)8-23-13-4-2-3-12(19)15(13)16(21)10-6-5-9(17)7-11(10)18/h5-7H,2-4,8H2,1H3. The summed E-state index contributed by atoms with van der Waals surface area (Å²) in [4.78, 5) is 36.9. The summed E-state index contributed by atoms with van der Waals surface area (Å²) in [5.41, 5.74) is 0.354. The average Bonchev–Trinajstić information content (AvgIpc) is 2.52. The lowest BCUT2D eigenvalue weighted by Gasteiger charge is -2.18. The van der Waals surface area contributed by atoms with E-state index in [2.05, 4.69) is 4.74 Å². The number of rotatable bonds is 5. The Labute approximate surface area is 148 Å². The lowest BCUT2D eigenvalue weighted by molar-refractivity contribution is -0.137. The van der Waals surface area contributed by atoms with E-state index >= 15 is 0 Å². The molecule has 23 heavy (non-hydrogen) atoms. The van der Waals surface area contributed by atoms with Gasteiger partial charge in [-0.1, -0.05) is 23.2 Å². The maximum atomic E-state index is 12.7. The Kier molecular flexibility index (Phi) is 6.27. The topological polar surface area (TPSA) is 60.4 Å². The minimum atomic E-state index is -0.427. The predicted molar refractivity (Wildman–Crippen MR) is 91.2 cm³/mol. The van der Waals surface area contributed by atoms with Crippen molar-refractivity contribution in [2.45, 2.75) is 19.3 Å². The van der Waals surface area contributed by atoms with Crippen molar-refractivity contribution >= 4 is 52.5 Å². The average molecular weight is 373 g/mol. The van der Waals surface area contributed by atoms with Crippen LogP contribution in [0.25, 0.3) is 0 Å². The lowest BCUT2D eigenvalue weighted by Crippen LogP contribution is -2.19. The zero-order valence-corrected chi connectivity index (χ0v) is 14.7. The molecule has 0 fully saturated rings. The van der Waals surface area contributed by atoms with Crippen LogP contribution in [0.3, 0.4) is 0 Å². The number of ether oxygens (including phenoxy) is 1. The second-order valence-corrected chi connectivity index (χ2v) is 6.81. The van der Waals surface area contributed by atoms with Crippen molar-refractivity contribution in [1.82, 2.24) is 0 Å². The van der Waals surface area contributed by atoms with E-state index in [4.69, 9.17) is 23.2 Å². The molecule has 0 bridgehead atoms. The number of benzene rings is 1. The molecule has 1 aliphatic carbocycles. The van der Waals surface area contributed by atoms with E-state index in [1.165, 1.54) is 31.0 Å². The van der Waals surface area contributed by atoms with Crippen molar-refractivity contribution in [1.29, 1.82) is 0 Å². The Morgan fingerprint density at radius 1 is 1.26 bits per heavy atom. The molecule has 0 aliphatic heterocycles. The van der Waals surface area contributed by atoms with Crippen molar-refractivity contribution < 1.29 is 19.1 Å². The number of esters is 1. The Morgan fingerprint density at radius 2 is 2.00 bits per heavy atom. The Morgan fingerprint density at radius 3 is 2.65 bits per heavy atom. The second kappa shape index (κ2) is 7.99. The van der Waals surface area contributed by atoms with Gasteiger partial charge in [0.15, 0.2) is 11.6 Å². The third-order valence-corrected chi connectivity index (χ3v) is 5.04. The molecule has 1 aromatic rings. The monoisotopic (exact) mass is 372 g/mol.